The summed E-state index contributed by atoms with van der Waals surface area (Å²) in [5.41, 5.74) is -0.593. The molecule has 1 N–H and O–H groups in total. The first-order chi connectivity index (χ1) is 6.46. The first-order valence-corrected chi connectivity index (χ1v) is 4.50. The van der Waals surface area contributed by atoms with Crippen LogP contribution < -0.4 is 0 Å². The minimum Gasteiger partial charge on any atom is -0.472 e. The molecule has 1 heterocycles. The van der Waals surface area contributed by atoms with Gasteiger partial charge in [-0.25, -0.2) is 4.79 Å². The van der Waals surface area contributed by atoms with E-state index in [1.54, 1.807) is 11.8 Å². The van der Waals surface area contributed by atoms with Gasteiger partial charge in [0.25, 0.3) is 0 Å². The topological polar surface area (TPSA) is 57.6 Å². The molecule has 1 aliphatic heterocycles. The number of carbonyl (C=O) groups is 2. The molecule has 1 aliphatic rings. The highest BCUT2D eigenvalue weighted by atomic mass is 16.4. The minimum atomic E-state index is -1.15. The van der Waals surface area contributed by atoms with Crippen molar-refractivity contribution < 1.29 is 14.7 Å². The Morgan fingerprint density at radius 1 is 1.50 bits per heavy atom. The van der Waals surface area contributed by atoms with Crippen LogP contribution >= 0.6 is 0 Å². The van der Waals surface area contributed by atoms with Crippen LogP contribution in [0.1, 0.15) is 26.7 Å². The van der Waals surface area contributed by atoms with Gasteiger partial charge in [0.05, 0.1) is 0 Å². The summed E-state index contributed by atoms with van der Waals surface area (Å²) in [6.07, 6.45) is 1.62. The van der Waals surface area contributed by atoms with Crippen LogP contribution in [0.15, 0.2) is 0 Å². The van der Waals surface area contributed by atoms with Gasteiger partial charge in [0.15, 0.2) is 0 Å². The van der Waals surface area contributed by atoms with E-state index in [1.807, 2.05) is 0 Å². The van der Waals surface area contributed by atoms with E-state index in [0.29, 0.717) is 6.54 Å². The van der Waals surface area contributed by atoms with Crippen molar-refractivity contribution in [2.75, 3.05) is 6.54 Å². The zero-order valence-corrected chi connectivity index (χ0v) is 8.33. The zero-order chi connectivity index (χ0) is 10.8. The Morgan fingerprint density at radius 3 is 2.64 bits per heavy atom. The minimum absolute atomic E-state index is 0.0512. The molecule has 4 nitrogen and oxygen atoms in total. The Bertz CT molecular complexity index is 326. The van der Waals surface area contributed by atoms with Crippen LogP contribution in [0, 0.1) is 11.8 Å². The van der Waals surface area contributed by atoms with Crippen LogP contribution in [0.4, 0.5) is 0 Å². The largest absolute Gasteiger partial charge is 0.472 e. The monoisotopic (exact) mass is 195 g/mol. The maximum atomic E-state index is 11.2. The molecule has 1 amide bonds. The Labute approximate surface area is 82.9 Å². The number of amides is 1. The van der Waals surface area contributed by atoms with Gasteiger partial charge in [0.2, 0.25) is 5.91 Å². The van der Waals surface area contributed by atoms with Gasteiger partial charge in [-0.05, 0) is 19.8 Å². The molecular weight excluding hydrogens is 182 g/mol. The molecule has 0 saturated carbocycles. The zero-order valence-electron chi connectivity index (χ0n) is 8.33. The number of carbonyl (C=O) groups excluding carboxylic acids is 1. The molecule has 1 fully saturated rings. The number of carboxylic acids is 1. The van der Waals surface area contributed by atoms with Crippen molar-refractivity contribution >= 4 is 11.9 Å². The van der Waals surface area contributed by atoms with E-state index in [-0.39, 0.29) is 5.91 Å². The van der Waals surface area contributed by atoms with Crippen molar-refractivity contribution in [3.05, 3.63) is 0 Å². The van der Waals surface area contributed by atoms with E-state index in [0.717, 1.165) is 12.8 Å². The number of hydrogen-bond acceptors (Lipinski definition) is 2. The molecule has 14 heavy (non-hydrogen) atoms. The molecule has 0 aliphatic carbocycles. The van der Waals surface area contributed by atoms with Gasteiger partial charge in [-0.3, -0.25) is 4.79 Å². The lowest BCUT2D eigenvalue weighted by Crippen LogP contribution is -2.42. The molecule has 0 aromatic carbocycles. The first kappa shape index (κ1) is 10.6. The molecule has 1 saturated heterocycles. The van der Waals surface area contributed by atoms with E-state index < -0.39 is 11.5 Å². The molecular formula is C10H13NO3. The second-order valence-electron chi connectivity index (χ2n) is 3.60. The molecule has 1 atom stereocenters. The van der Waals surface area contributed by atoms with Crippen LogP contribution in [0.2, 0.25) is 0 Å². The van der Waals surface area contributed by atoms with Crippen LogP contribution in [-0.2, 0) is 9.59 Å². The summed E-state index contributed by atoms with van der Waals surface area (Å²) in [4.78, 5) is 23.1. The predicted molar refractivity (Wildman–Crippen MR) is 50.4 cm³/mol. The van der Waals surface area contributed by atoms with E-state index in [9.17, 15) is 9.59 Å². The summed E-state index contributed by atoms with van der Waals surface area (Å²) >= 11 is 0. The molecule has 76 valence electrons. The first-order valence-electron chi connectivity index (χ1n) is 4.50. The van der Waals surface area contributed by atoms with Crippen LogP contribution in [0.5, 0.6) is 0 Å². The van der Waals surface area contributed by atoms with E-state index in [2.05, 4.69) is 11.8 Å². The predicted octanol–water partition coefficient (Wildman–Crippen LogP) is 0.475. The van der Waals surface area contributed by atoms with Crippen LogP contribution in [0.25, 0.3) is 0 Å². The average molecular weight is 195 g/mol. The molecule has 0 bridgehead atoms. The third kappa shape index (κ3) is 2.05. The summed E-state index contributed by atoms with van der Waals surface area (Å²) in [5.74, 6) is 3.53. The van der Waals surface area contributed by atoms with Gasteiger partial charge in [0, 0.05) is 19.4 Å². The highest BCUT2D eigenvalue weighted by Crippen LogP contribution is 2.27. The highest BCUT2D eigenvalue weighted by Gasteiger charge is 2.36. The molecule has 0 aromatic rings. The van der Waals surface area contributed by atoms with Crippen molar-refractivity contribution in [3.8, 4) is 11.8 Å². The molecule has 0 radical (unpaired) electrons. The van der Waals surface area contributed by atoms with Crippen molar-refractivity contribution in [3.63, 3.8) is 0 Å². The summed E-state index contributed by atoms with van der Waals surface area (Å²) in [6, 6.07) is 0. The maximum absolute atomic E-state index is 11.2. The number of likely N-dealkylation sites (tertiary alicyclic amines) is 1. The highest BCUT2D eigenvalue weighted by molar-refractivity contribution is 5.87. The molecule has 0 unspecified atom stereocenters. The Balaban J connectivity index is 2.88. The lowest BCUT2D eigenvalue weighted by atomic mass is 10.00. The molecule has 0 aromatic heterocycles. The van der Waals surface area contributed by atoms with Crippen molar-refractivity contribution in [1.82, 2.24) is 4.90 Å². The van der Waals surface area contributed by atoms with Gasteiger partial charge in [-0.1, -0.05) is 5.92 Å². The van der Waals surface area contributed by atoms with Crippen molar-refractivity contribution in [2.45, 2.75) is 32.2 Å². The number of aliphatic carboxylic acids is 1. The maximum Gasteiger partial charge on any atom is 0.381 e. The lowest BCUT2D eigenvalue weighted by Gasteiger charge is -2.29. The SMILES string of the molecule is CC(=O)N1CCC[C@@]1(C)C#CC(=O)O. The van der Waals surface area contributed by atoms with Gasteiger partial charge < -0.3 is 10.0 Å². The second kappa shape index (κ2) is 3.70. The normalized spacial score (nSPS) is 25.4. The Kier molecular flexibility index (Phi) is 2.80. The van der Waals surface area contributed by atoms with Crippen LogP contribution in [0.3, 0.4) is 0 Å². The number of carboxylic acid groups (broad SMARTS) is 1. The second-order valence-corrected chi connectivity index (χ2v) is 3.60. The summed E-state index contributed by atoms with van der Waals surface area (Å²) < 4.78 is 0. The summed E-state index contributed by atoms with van der Waals surface area (Å²) in [5, 5.41) is 8.44. The van der Waals surface area contributed by atoms with E-state index in [4.69, 9.17) is 5.11 Å². The number of rotatable bonds is 0. The van der Waals surface area contributed by atoms with Crippen LogP contribution in [-0.4, -0.2) is 34.0 Å². The van der Waals surface area contributed by atoms with Crippen molar-refractivity contribution in [2.24, 2.45) is 0 Å². The van der Waals surface area contributed by atoms with Gasteiger partial charge >= 0.3 is 5.97 Å². The molecule has 0 spiro atoms. The third-order valence-corrected chi connectivity index (χ3v) is 2.46. The quantitative estimate of drug-likeness (QED) is 0.572. The summed E-state index contributed by atoms with van der Waals surface area (Å²) in [6.45, 7) is 3.95. The smallest absolute Gasteiger partial charge is 0.381 e. The third-order valence-electron chi connectivity index (χ3n) is 2.46. The Morgan fingerprint density at radius 2 is 2.14 bits per heavy atom. The average Bonchev–Trinajstić information content (AvgIpc) is 2.45. The fourth-order valence-electron chi connectivity index (χ4n) is 1.79. The number of hydrogen-bond donors (Lipinski definition) is 1. The fourth-order valence-corrected chi connectivity index (χ4v) is 1.79. The summed E-state index contributed by atoms with van der Waals surface area (Å²) in [7, 11) is 0. The lowest BCUT2D eigenvalue weighted by molar-refractivity contribution is -0.132. The molecule has 1 rings (SSSR count). The fraction of sp³-hybridized carbons (Fsp3) is 0.600. The van der Waals surface area contributed by atoms with Gasteiger partial charge in [-0.15, -0.1) is 0 Å². The van der Waals surface area contributed by atoms with Gasteiger partial charge in [0.1, 0.15) is 5.54 Å². The van der Waals surface area contributed by atoms with Gasteiger partial charge in [-0.2, -0.15) is 0 Å². The standard InChI is InChI=1S/C10H13NO3/c1-8(12)11-7-3-5-10(11,2)6-4-9(13)14/h3,5,7H2,1-2H3,(H,13,14)/t10-/m0/s1. The number of nitrogens with zero attached hydrogens (tertiary/aromatic N) is 1. The Hall–Kier alpha value is -1.50. The van der Waals surface area contributed by atoms with Crippen molar-refractivity contribution in [1.29, 1.82) is 0 Å². The molecule has 4 heteroatoms. The van der Waals surface area contributed by atoms with E-state index in [1.165, 1.54) is 6.92 Å². The van der Waals surface area contributed by atoms with E-state index >= 15 is 0 Å².